The van der Waals surface area contributed by atoms with Crippen LogP contribution in [-0.4, -0.2) is 37.2 Å². The van der Waals surface area contributed by atoms with E-state index >= 15 is 0 Å². The molecule has 1 saturated heterocycles. The van der Waals surface area contributed by atoms with Crippen LogP contribution >= 0.6 is 22.9 Å². The fraction of sp³-hybridized carbons (Fsp3) is 0.500. The van der Waals surface area contributed by atoms with Crippen molar-refractivity contribution in [2.75, 3.05) is 20.1 Å². The Morgan fingerprint density at radius 3 is 2.67 bits per heavy atom. The number of hydrogen-bond donors (Lipinski definition) is 0. The molecule has 1 aliphatic rings. The van der Waals surface area contributed by atoms with Gasteiger partial charge in [-0.3, -0.25) is 0 Å². The van der Waals surface area contributed by atoms with Gasteiger partial charge in [0.25, 0.3) is 10.2 Å². The Labute approximate surface area is 98.2 Å². The van der Waals surface area contributed by atoms with E-state index in [-0.39, 0.29) is 0 Å². The van der Waals surface area contributed by atoms with Crippen molar-refractivity contribution in [3.63, 3.8) is 0 Å². The molecule has 0 aliphatic carbocycles. The van der Waals surface area contributed by atoms with Crippen LogP contribution in [0.5, 0.6) is 0 Å². The minimum absolute atomic E-state index is 0.385. The van der Waals surface area contributed by atoms with Crippen molar-refractivity contribution in [1.82, 2.24) is 8.61 Å². The highest BCUT2D eigenvalue weighted by molar-refractivity contribution is 7.86. The standard InChI is InChI=1S/C8H11ClN2O2S2/c1-10(15(12,13)11-4-5-11)6-7-2-3-8(9)14-7/h2-3H,4-6H2,1H3. The summed E-state index contributed by atoms with van der Waals surface area (Å²) in [5, 5.41) is 0. The Kier molecular flexibility index (Phi) is 3.05. The Morgan fingerprint density at radius 2 is 2.20 bits per heavy atom. The Morgan fingerprint density at radius 1 is 1.53 bits per heavy atom. The summed E-state index contributed by atoms with van der Waals surface area (Å²) in [5.41, 5.74) is 0. The number of thiophene rings is 1. The molecular weight excluding hydrogens is 256 g/mol. The van der Waals surface area contributed by atoms with E-state index in [1.807, 2.05) is 6.07 Å². The van der Waals surface area contributed by atoms with Gasteiger partial charge < -0.3 is 0 Å². The molecule has 0 amide bonds. The maximum absolute atomic E-state index is 11.7. The molecule has 0 aromatic carbocycles. The van der Waals surface area contributed by atoms with Gasteiger partial charge in [0, 0.05) is 31.6 Å². The summed E-state index contributed by atoms with van der Waals surface area (Å²) in [6.45, 7) is 1.66. The topological polar surface area (TPSA) is 40.4 Å². The molecule has 0 spiro atoms. The molecule has 0 radical (unpaired) electrons. The molecule has 15 heavy (non-hydrogen) atoms. The molecule has 4 nitrogen and oxygen atoms in total. The maximum atomic E-state index is 11.7. The molecule has 2 rings (SSSR count). The minimum atomic E-state index is -3.22. The molecule has 7 heteroatoms. The lowest BCUT2D eigenvalue weighted by atomic mass is 10.5. The highest BCUT2D eigenvalue weighted by atomic mass is 35.5. The molecule has 0 atom stereocenters. The molecular formula is C8H11ClN2O2S2. The van der Waals surface area contributed by atoms with E-state index < -0.39 is 10.2 Å². The van der Waals surface area contributed by atoms with Crippen LogP contribution in [0.1, 0.15) is 4.88 Å². The van der Waals surface area contributed by atoms with E-state index in [9.17, 15) is 8.42 Å². The Bertz CT molecular complexity index is 453. The highest BCUT2D eigenvalue weighted by Crippen LogP contribution is 2.24. The normalized spacial score (nSPS) is 17.3. The van der Waals surface area contributed by atoms with Crippen LogP contribution in [0.4, 0.5) is 0 Å². The summed E-state index contributed by atoms with van der Waals surface area (Å²) >= 11 is 7.18. The monoisotopic (exact) mass is 266 g/mol. The second-order valence-corrected chi connectivity index (χ2v) is 7.20. The van der Waals surface area contributed by atoms with Crippen LogP contribution in [0, 0.1) is 0 Å². The van der Waals surface area contributed by atoms with Crippen molar-refractivity contribution in [3.8, 4) is 0 Å². The summed E-state index contributed by atoms with van der Waals surface area (Å²) in [6.07, 6.45) is 0. The van der Waals surface area contributed by atoms with Gasteiger partial charge in [-0.05, 0) is 12.1 Å². The van der Waals surface area contributed by atoms with Crippen LogP contribution in [-0.2, 0) is 16.8 Å². The zero-order valence-corrected chi connectivity index (χ0v) is 10.6. The summed E-state index contributed by atoms with van der Waals surface area (Å²) in [7, 11) is -1.64. The van der Waals surface area contributed by atoms with Crippen molar-refractivity contribution < 1.29 is 8.42 Å². The maximum Gasteiger partial charge on any atom is 0.282 e. The van der Waals surface area contributed by atoms with Gasteiger partial charge in [-0.1, -0.05) is 11.6 Å². The van der Waals surface area contributed by atoms with E-state index in [1.165, 1.54) is 19.9 Å². The summed E-state index contributed by atoms with van der Waals surface area (Å²) in [6, 6.07) is 3.63. The number of nitrogens with zero attached hydrogens (tertiary/aromatic N) is 2. The lowest BCUT2D eigenvalue weighted by molar-refractivity contribution is 0.442. The van der Waals surface area contributed by atoms with Crippen molar-refractivity contribution in [2.24, 2.45) is 0 Å². The molecule has 0 bridgehead atoms. The van der Waals surface area contributed by atoms with E-state index in [0.29, 0.717) is 24.0 Å². The average Bonchev–Trinajstić information content (AvgIpc) is 2.92. The third-order valence-corrected chi connectivity index (χ3v) is 5.28. The smallest absolute Gasteiger partial charge is 0.195 e. The zero-order valence-electron chi connectivity index (χ0n) is 8.18. The molecule has 0 unspecified atom stereocenters. The number of halogens is 1. The van der Waals surface area contributed by atoms with Crippen LogP contribution in [0.25, 0.3) is 0 Å². The van der Waals surface area contributed by atoms with E-state index in [2.05, 4.69) is 0 Å². The molecule has 2 heterocycles. The van der Waals surface area contributed by atoms with Gasteiger partial charge in [-0.25, -0.2) is 0 Å². The Hall–Kier alpha value is -0.140. The van der Waals surface area contributed by atoms with Crippen LogP contribution in [0.15, 0.2) is 12.1 Å². The van der Waals surface area contributed by atoms with Crippen molar-refractivity contribution in [1.29, 1.82) is 0 Å². The van der Waals surface area contributed by atoms with Crippen LogP contribution in [0.2, 0.25) is 4.34 Å². The van der Waals surface area contributed by atoms with Gasteiger partial charge in [-0.15, -0.1) is 11.3 Å². The minimum Gasteiger partial charge on any atom is -0.195 e. The van der Waals surface area contributed by atoms with Gasteiger partial charge in [-0.2, -0.15) is 17.0 Å². The SMILES string of the molecule is CN(Cc1ccc(Cl)s1)S(=O)(=O)N1CC1. The van der Waals surface area contributed by atoms with Crippen LogP contribution < -0.4 is 0 Å². The lowest BCUT2D eigenvalue weighted by Gasteiger charge is -2.15. The second-order valence-electron chi connectivity index (χ2n) is 3.37. The van der Waals surface area contributed by atoms with Gasteiger partial charge in [0.2, 0.25) is 0 Å². The lowest BCUT2D eigenvalue weighted by Crippen LogP contribution is -2.31. The molecule has 1 fully saturated rings. The van der Waals surface area contributed by atoms with Crippen LogP contribution in [0.3, 0.4) is 0 Å². The quantitative estimate of drug-likeness (QED) is 0.773. The van der Waals surface area contributed by atoms with Crippen molar-refractivity contribution >= 4 is 33.1 Å². The first-order valence-corrected chi connectivity index (χ1v) is 7.05. The first-order chi connectivity index (χ1) is 7.00. The fourth-order valence-electron chi connectivity index (χ4n) is 1.21. The summed E-state index contributed by atoms with van der Waals surface area (Å²) < 4.78 is 26.9. The Balaban J connectivity index is 2.06. The average molecular weight is 267 g/mol. The number of hydrogen-bond acceptors (Lipinski definition) is 3. The predicted molar refractivity (Wildman–Crippen MR) is 61.3 cm³/mol. The molecule has 0 N–H and O–H groups in total. The third-order valence-electron chi connectivity index (χ3n) is 2.13. The van der Waals surface area contributed by atoms with Gasteiger partial charge in [0.15, 0.2) is 0 Å². The first kappa shape index (κ1) is 11.3. The second kappa shape index (κ2) is 4.03. The molecule has 84 valence electrons. The molecule has 0 saturated carbocycles. The van der Waals surface area contributed by atoms with Gasteiger partial charge >= 0.3 is 0 Å². The van der Waals surface area contributed by atoms with Crippen molar-refractivity contribution in [3.05, 3.63) is 21.3 Å². The summed E-state index contributed by atoms with van der Waals surface area (Å²) in [5.74, 6) is 0. The largest absolute Gasteiger partial charge is 0.282 e. The summed E-state index contributed by atoms with van der Waals surface area (Å²) in [4.78, 5) is 0.952. The van der Waals surface area contributed by atoms with E-state index in [0.717, 1.165) is 4.88 Å². The van der Waals surface area contributed by atoms with E-state index in [4.69, 9.17) is 11.6 Å². The number of rotatable bonds is 4. The third kappa shape index (κ3) is 2.51. The first-order valence-electron chi connectivity index (χ1n) is 4.46. The highest BCUT2D eigenvalue weighted by Gasteiger charge is 2.35. The predicted octanol–water partition coefficient (Wildman–Crippen LogP) is 1.39. The van der Waals surface area contributed by atoms with Gasteiger partial charge in [0.05, 0.1) is 4.34 Å². The molecule has 1 aliphatic heterocycles. The fourth-order valence-corrected chi connectivity index (χ4v) is 3.67. The van der Waals surface area contributed by atoms with Gasteiger partial charge in [0.1, 0.15) is 0 Å². The van der Waals surface area contributed by atoms with Crippen molar-refractivity contribution in [2.45, 2.75) is 6.54 Å². The molecule has 1 aromatic rings. The molecule has 1 aromatic heterocycles. The van der Waals surface area contributed by atoms with E-state index in [1.54, 1.807) is 13.1 Å². The zero-order chi connectivity index (χ0) is 11.1.